The van der Waals surface area contributed by atoms with Crippen molar-refractivity contribution in [3.8, 4) is 56.2 Å². The Morgan fingerprint density at radius 3 is 1.73 bits per heavy atom. The summed E-state index contributed by atoms with van der Waals surface area (Å²) in [4.78, 5) is 10.4. The van der Waals surface area contributed by atoms with Crippen LogP contribution < -0.4 is 0 Å². The highest BCUT2D eigenvalue weighted by Gasteiger charge is 2.16. The first kappa shape index (κ1) is 31.6. The maximum Gasteiger partial charge on any atom is 0.160 e. The molecule has 0 aliphatic heterocycles. The minimum Gasteiger partial charge on any atom is -0.228 e. The summed E-state index contributed by atoms with van der Waals surface area (Å²) in [5.41, 5.74) is 9.75. The molecule has 0 bridgehead atoms. The van der Waals surface area contributed by atoms with Crippen molar-refractivity contribution in [2.45, 2.75) is 0 Å². The number of aromatic nitrogens is 2. The van der Waals surface area contributed by atoms with Crippen molar-refractivity contribution in [3.05, 3.63) is 194 Å². The van der Waals surface area contributed by atoms with Crippen LogP contribution in [-0.2, 0) is 0 Å². The Morgan fingerprint density at radius 2 is 0.927 bits per heavy atom. The first-order valence-electron chi connectivity index (χ1n) is 18.6. The molecule has 55 heavy (non-hydrogen) atoms. The number of nitrogens with zero attached hydrogens (tertiary/aromatic N) is 2. The number of fused-ring (bicyclic) bond motifs is 7. The lowest BCUT2D eigenvalue weighted by Crippen LogP contribution is -1.96. The minimum absolute atomic E-state index is 0.704. The van der Waals surface area contributed by atoms with Gasteiger partial charge in [-0.15, -0.1) is 11.3 Å². The van der Waals surface area contributed by atoms with E-state index in [-0.39, 0.29) is 0 Å². The summed E-state index contributed by atoms with van der Waals surface area (Å²) in [6.07, 6.45) is 0. The zero-order valence-corrected chi connectivity index (χ0v) is 30.6. The second-order valence-corrected chi connectivity index (χ2v) is 15.2. The van der Waals surface area contributed by atoms with E-state index in [1.165, 1.54) is 74.7 Å². The Morgan fingerprint density at radius 1 is 0.327 bits per heavy atom. The van der Waals surface area contributed by atoms with Crippen LogP contribution in [0.5, 0.6) is 0 Å². The topological polar surface area (TPSA) is 25.8 Å². The number of thiophene rings is 1. The molecule has 11 rings (SSSR count). The van der Waals surface area contributed by atoms with Crippen molar-refractivity contribution >= 4 is 63.8 Å². The van der Waals surface area contributed by atoms with Crippen LogP contribution in [0, 0.1) is 0 Å². The van der Waals surface area contributed by atoms with Crippen LogP contribution in [-0.4, -0.2) is 9.97 Å². The Hall–Kier alpha value is -6.94. The summed E-state index contributed by atoms with van der Waals surface area (Å²) in [5, 5.41) is 10.2. The van der Waals surface area contributed by atoms with Crippen molar-refractivity contribution in [1.82, 2.24) is 9.97 Å². The maximum atomic E-state index is 5.21. The third kappa shape index (κ3) is 5.40. The fourth-order valence-corrected chi connectivity index (χ4v) is 9.37. The van der Waals surface area contributed by atoms with E-state index in [1.54, 1.807) is 0 Å². The van der Waals surface area contributed by atoms with Gasteiger partial charge in [-0.25, -0.2) is 9.97 Å². The summed E-state index contributed by atoms with van der Waals surface area (Å²) >= 11 is 1.85. The molecule has 2 nitrogen and oxygen atoms in total. The van der Waals surface area contributed by atoms with Gasteiger partial charge in [0.05, 0.1) is 11.4 Å². The van der Waals surface area contributed by atoms with Gasteiger partial charge in [0, 0.05) is 36.9 Å². The van der Waals surface area contributed by atoms with Gasteiger partial charge in [0.15, 0.2) is 5.82 Å². The molecule has 0 saturated carbocycles. The maximum absolute atomic E-state index is 5.21. The average Bonchev–Trinajstić information content (AvgIpc) is 3.65. The molecule has 0 N–H and O–H groups in total. The second kappa shape index (κ2) is 12.9. The lowest BCUT2D eigenvalue weighted by Gasteiger charge is -2.15. The van der Waals surface area contributed by atoms with E-state index < -0.39 is 0 Å². The third-order valence-electron chi connectivity index (χ3n) is 10.9. The van der Waals surface area contributed by atoms with E-state index in [0.29, 0.717) is 5.82 Å². The molecule has 256 valence electrons. The summed E-state index contributed by atoms with van der Waals surface area (Å²) in [6.45, 7) is 0. The highest BCUT2D eigenvalue weighted by Crippen LogP contribution is 2.42. The smallest absolute Gasteiger partial charge is 0.160 e. The number of benzene rings is 9. The van der Waals surface area contributed by atoms with E-state index >= 15 is 0 Å². The summed E-state index contributed by atoms with van der Waals surface area (Å²) in [5.74, 6) is 0.704. The average molecular weight is 717 g/mol. The van der Waals surface area contributed by atoms with Crippen molar-refractivity contribution in [1.29, 1.82) is 0 Å². The van der Waals surface area contributed by atoms with Crippen LogP contribution in [0.4, 0.5) is 0 Å². The van der Waals surface area contributed by atoms with Crippen LogP contribution in [0.15, 0.2) is 194 Å². The monoisotopic (exact) mass is 716 g/mol. The second-order valence-electron chi connectivity index (χ2n) is 14.1. The van der Waals surface area contributed by atoms with Crippen LogP contribution in [0.2, 0.25) is 0 Å². The largest absolute Gasteiger partial charge is 0.228 e. The van der Waals surface area contributed by atoms with Crippen LogP contribution >= 0.6 is 11.3 Å². The number of hydrogen-bond acceptors (Lipinski definition) is 3. The Labute approximate surface area is 322 Å². The zero-order chi connectivity index (χ0) is 36.3. The summed E-state index contributed by atoms with van der Waals surface area (Å²) in [7, 11) is 0. The van der Waals surface area contributed by atoms with E-state index in [9.17, 15) is 0 Å². The molecule has 0 spiro atoms. The molecule has 3 heteroatoms. The minimum atomic E-state index is 0.704. The highest BCUT2D eigenvalue weighted by atomic mass is 32.1. The number of rotatable bonds is 5. The van der Waals surface area contributed by atoms with Crippen molar-refractivity contribution in [2.75, 3.05) is 0 Å². The molecule has 0 atom stereocenters. The molecule has 0 aliphatic rings. The van der Waals surface area contributed by atoms with Crippen LogP contribution in [0.3, 0.4) is 0 Å². The molecule has 0 amide bonds. The Balaban J connectivity index is 1.02. The fraction of sp³-hybridized carbons (Fsp3) is 0. The van der Waals surface area contributed by atoms with E-state index in [1.807, 2.05) is 17.4 Å². The molecule has 2 aromatic heterocycles. The molecule has 2 heterocycles. The van der Waals surface area contributed by atoms with Gasteiger partial charge in [-0.1, -0.05) is 170 Å². The van der Waals surface area contributed by atoms with Gasteiger partial charge in [0.2, 0.25) is 0 Å². The van der Waals surface area contributed by atoms with Gasteiger partial charge >= 0.3 is 0 Å². The fourth-order valence-electron chi connectivity index (χ4n) is 8.23. The summed E-state index contributed by atoms with van der Waals surface area (Å²) < 4.78 is 2.62. The third-order valence-corrected chi connectivity index (χ3v) is 12.0. The van der Waals surface area contributed by atoms with Crippen LogP contribution in [0.25, 0.3) is 109 Å². The van der Waals surface area contributed by atoms with Crippen molar-refractivity contribution < 1.29 is 0 Å². The van der Waals surface area contributed by atoms with E-state index in [4.69, 9.17) is 9.97 Å². The molecular formula is C52H32N2S. The van der Waals surface area contributed by atoms with Gasteiger partial charge in [0.25, 0.3) is 0 Å². The van der Waals surface area contributed by atoms with Gasteiger partial charge in [-0.2, -0.15) is 0 Å². The van der Waals surface area contributed by atoms with Gasteiger partial charge in [0.1, 0.15) is 0 Å². The van der Waals surface area contributed by atoms with Crippen LogP contribution in [0.1, 0.15) is 0 Å². The molecule has 0 saturated heterocycles. The number of hydrogen-bond donors (Lipinski definition) is 0. The molecule has 9 aromatic carbocycles. The quantitative estimate of drug-likeness (QED) is 0.131. The molecular weight excluding hydrogens is 685 g/mol. The van der Waals surface area contributed by atoms with Gasteiger partial charge < -0.3 is 0 Å². The SMILES string of the molecule is c1ccc(-c2cc(-c3ccc(-c4cccc5sc6ccccc6c45)cc3)nc(-c3ccc(-c4c5ccccc5cc5c4ccc4ccccc45)cc3)n2)cc1. The summed E-state index contributed by atoms with van der Waals surface area (Å²) in [6, 6.07) is 69.7. The first-order chi connectivity index (χ1) is 27.2. The standard InChI is InChI=1S/C52H32N2S/c1-2-12-35(13-3-1)46-32-47(36-23-21-34(22-24-36)41-18-10-20-49-51(41)44-17-8-9-19-48(44)55-49)54-52(53-46)38-27-25-37(26-28-38)50-42-16-7-5-14-39(42)31-45-40-15-6-4-11-33(40)29-30-43(45)50/h1-32H. The predicted molar refractivity (Wildman–Crippen MR) is 235 cm³/mol. The van der Waals surface area contributed by atoms with E-state index in [0.717, 1.165) is 28.1 Å². The predicted octanol–water partition coefficient (Wildman–Crippen LogP) is 14.6. The Kier molecular flexibility index (Phi) is 7.39. The Bertz CT molecular complexity index is 3230. The lowest BCUT2D eigenvalue weighted by atomic mass is 9.89. The van der Waals surface area contributed by atoms with E-state index in [2.05, 4.69) is 188 Å². The van der Waals surface area contributed by atoms with Gasteiger partial charge in [-0.3, -0.25) is 0 Å². The molecule has 0 fully saturated rings. The normalized spacial score (nSPS) is 11.6. The highest BCUT2D eigenvalue weighted by molar-refractivity contribution is 7.25. The molecule has 0 unspecified atom stereocenters. The molecule has 11 aromatic rings. The molecule has 0 aliphatic carbocycles. The molecule has 0 radical (unpaired) electrons. The van der Waals surface area contributed by atoms with Crippen molar-refractivity contribution in [2.24, 2.45) is 0 Å². The lowest BCUT2D eigenvalue weighted by molar-refractivity contribution is 1.18. The zero-order valence-electron chi connectivity index (χ0n) is 29.8. The first-order valence-corrected chi connectivity index (χ1v) is 19.5. The van der Waals surface area contributed by atoms with Crippen molar-refractivity contribution in [3.63, 3.8) is 0 Å². The van der Waals surface area contributed by atoms with Gasteiger partial charge in [-0.05, 0) is 78.8 Å².